The highest BCUT2D eigenvalue weighted by Gasteiger charge is 2.37. The summed E-state index contributed by atoms with van der Waals surface area (Å²) < 4.78 is 39.7. The molecule has 12 nitrogen and oxygen atoms in total. The maximum Gasteiger partial charge on any atom is 0.416 e. The minimum Gasteiger partial charge on any atom is -0.478 e. The van der Waals surface area contributed by atoms with E-state index in [9.17, 15) is 41.9 Å². The summed E-state index contributed by atoms with van der Waals surface area (Å²) in [5.74, 6) is -4.72. The van der Waals surface area contributed by atoms with Crippen LogP contribution in [0.4, 0.5) is 24.5 Å². The number of aliphatic carboxylic acids is 1. The minimum atomic E-state index is -4.59. The van der Waals surface area contributed by atoms with Crippen LogP contribution in [-0.2, 0) is 30.1 Å². The Bertz CT molecular complexity index is 2230. The molecule has 6 rings (SSSR count). The van der Waals surface area contributed by atoms with Crippen molar-refractivity contribution in [2.24, 2.45) is 0 Å². The number of alkyl halides is 3. The summed E-state index contributed by atoms with van der Waals surface area (Å²) in [6, 6.07) is 23.5. The van der Waals surface area contributed by atoms with Crippen molar-refractivity contribution >= 4 is 87.8 Å². The Hall–Kier alpha value is -6.56. The molecule has 16 heteroatoms. The molecule has 0 atom stereocenters. The van der Waals surface area contributed by atoms with Gasteiger partial charge in [-0.05, 0) is 112 Å². The second-order valence-corrected chi connectivity index (χ2v) is 12.3. The van der Waals surface area contributed by atoms with Gasteiger partial charge in [-0.25, -0.2) is 19.6 Å². The van der Waals surface area contributed by atoms with Crippen molar-refractivity contribution in [1.29, 1.82) is 0 Å². The molecule has 0 bridgehead atoms. The lowest BCUT2D eigenvalue weighted by Gasteiger charge is -2.16. The van der Waals surface area contributed by atoms with Crippen LogP contribution in [0.2, 0.25) is 0 Å². The van der Waals surface area contributed by atoms with Gasteiger partial charge in [0.2, 0.25) is 0 Å². The Morgan fingerprint density at radius 1 is 0.660 bits per heavy atom. The average Bonchev–Trinajstić information content (AvgIpc) is 3.57. The molecule has 4 N–H and O–H groups in total. The summed E-state index contributed by atoms with van der Waals surface area (Å²) >= 11 is 2.15. The molecule has 2 heterocycles. The number of hydrogen-bond donors (Lipinski definition) is 4. The molecule has 2 aliphatic heterocycles. The number of carboxylic acid groups (broad SMARTS) is 2. The number of benzene rings is 4. The van der Waals surface area contributed by atoms with E-state index in [-0.39, 0.29) is 22.4 Å². The maximum absolute atomic E-state index is 12.9. The summed E-state index contributed by atoms with van der Waals surface area (Å²) in [5.41, 5.74) is 5.60. The zero-order valence-corrected chi connectivity index (χ0v) is 29.0. The molecule has 0 radical (unpaired) electrons. The monoisotopic (exact) mass is 836 g/mol. The third kappa shape index (κ3) is 9.22. The van der Waals surface area contributed by atoms with E-state index in [1.165, 1.54) is 41.4 Å². The fourth-order valence-corrected chi connectivity index (χ4v) is 5.22. The standard InChI is InChI=1S/C20H13F3N2O4.C17H11IN2O4/c21-20(22,23)14-2-1-3-15(11-14)25-19(29)16(18(28)24-25)10-13-6-4-12(5-7-13)8-9-17(26)27;18-12-4-6-13(7-5-12)20-16(22)14(15(21)19-20)9-10-2-1-3-11(8-10)17(23)24/h1-11H,(H,24,28)(H,26,27);1-9H,(H,19,21)(H,23,24)/b9-8+,16-10?;. The predicted molar refractivity (Wildman–Crippen MR) is 194 cm³/mol. The number of amides is 4. The van der Waals surface area contributed by atoms with Gasteiger partial charge in [0.1, 0.15) is 11.1 Å². The van der Waals surface area contributed by atoms with Crippen molar-refractivity contribution in [1.82, 2.24) is 10.9 Å². The van der Waals surface area contributed by atoms with Gasteiger partial charge in [-0.3, -0.25) is 30.0 Å². The molecule has 0 unspecified atom stereocenters. The Morgan fingerprint density at radius 2 is 1.21 bits per heavy atom. The topological polar surface area (TPSA) is 173 Å². The summed E-state index contributed by atoms with van der Waals surface area (Å²) in [4.78, 5) is 70.8. The molecule has 268 valence electrons. The number of carbonyl (C=O) groups is 6. The first-order valence-electron chi connectivity index (χ1n) is 15.1. The van der Waals surface area contributed by atoms with Crippen molar-refractivity contribution in [3.8, 4) is 0 Å². The number of carbonyl (C=O) groups excluding carboxylic acids is 4. The predicted octanol–water partition coefficient (Wildman–Crippen LogP) is 5.72. The molecule has 2 aliphatic rings. The van der Waals surface area contributed by atoms with Gasteiger partial charge in [-0.1, -0.05) is 42.5 Å². The fraction of sp³-hybridized carbons (Fsp3) is 0.0270. The first-order valence-corrected chi connectivity index (χ1v) is 16.2. The average molecular weight is 837 g/mol. The Kier molecular flexibility index (Phi) is 11.2. The van der Waals surface area contributed by atoms with Gasteiger partial charge in [-0.15, -0.1) is 0 Å². The van der Waals surface area contributed by atoms with Crippen molar-refractivity contribution in [3.63, 3.8) is 0 Å². The van der Waals surface area contributed by atoms with Crippen LogP contribution in [0.15, 0.2) is 114 Å². The van der Waals surface area contributed by atoms with Gasteiger partial charge in [-0.2, -0.15) is 13.2 Å². The summed E-state index contributed by atoms with van der Waals surface area (Å²) in [5, 5.41) is 19.6. The van der Waals surface area contributed by atoms with E-state index >= 15 is 0 Å². The normalized spacial score (nSPS) is 15.8. The lowest BCUT2D eigenvalue weighted by atomic mass is 10.1. The number of anilines is 2. The van der Waals surface area contributed by atoms with Crippen LogP contribution in [0.5, 0.6) is 0 Å². The van der Waals surface area contributed by atoms with E-state index in [0.717, 1.165) is 32.9 Å². The fourth-order valence-electron chi connectivity index (χ4n) is 4.86. The molecule has 53 heavy (non-hydrogen) atoms. The summed E-state index contributed by atoms with van der Waals surface area (Å²) in [7, 11) is 0. The Balaban J connectivity index is 0.000000208. The molecule has 2 saturated heterocycles. The molecule has 0 aromatic heterocycles. The molecule has 0 saturated carbocycles. The first kappa shape index (κ1) is 37.7. The van der Waals surface area contributed by atoms with E-state index in [1.807, 2.05) is 12.1 Å². The summed E-state index contributed by atoms with van der Waals surface area (Å²) in [6.45, 7) is 0. The number of halogens is 4. The van der Waals surface area contributed by atoms with Gasteiger partial charge in [0.15, 0.2) is 0 Å². The number of hydrogen-bond acceptors (Lipinski definition) is 6. The quantitative estimate of drug-likeness (QED) is 0.104. The van der Waals surface area contributed by atoms with Crippen molar-refractivity contribution in [2.45, 2.75) is 6.18 Å². The maximum atomic E-state index is 12.9. The van der Waals surface area contributed by atoms with Crippen LogP contribution in [0.1, 0.15) is 32.6 Å². The smallest absolute Gasteiger partial charge is 0.416 e. The van der Waals surface area contributed by atoms with Gasteiger partial charge < -0.3 is 10.2 Å². The van der Waals surface area contributed by atoms with Crippen LogP contribution in [0, 0.1) is 3.57 Å². The number of nitrogens with zero attached hydrogens (tertiary/aromatic N) is 2. The van der Waals surface area contributed by atoms with E-state index in [0.29, 0.717) is 22.4 Å². The number of hydrazine groups is 2. The number of rotatable bonds is 7. The molecule has 0 spiro atoms. The van der Waals surface area contributed by atoms with Crippen LogP contribution in [0.25, 0.3) is 18.2 Å². The van der Waals surface area contributed by atoms with Crippen molar-refractivity contribution in [3.05, 3.63) is 146 Å². The molecule has 4 aromatic rings. The van der Waals surface area contributed by atoms with Crippen LogP contribution >= 0.6 is 22.6 Å². The summed E-state index contributed by atoms with van der Waals surface area (Å²) in [6.07, 6.45) is 0.446. The number of nitrogens with one attached hydrogen (secondary N) is 2. The first-order chi connectivity index (χ1) is 25.1. The second kappa shape index (κ2) is 15.8. The van der Waals surface area contributed by atoms with Gasteiger partial charge in [0.05, 0.1) is 22.5 Å². The van der Waals surface area contributed by atoms with E-state index < -0.39 is 47.3 Å². The van der Waals surface area contributed by atoms with Crippen molar-refractivity contribution in [2.75, 3.05) is 10.0 Å². The van der Waals surface area contributed by atoms with Crippen LogP contribution < -0.4 is 20.9 Å². The highest BCUT2D eigenvalue weighted by Crippen LogP contribution is 2.32. The second-order valence-electron chi connectivity index (χ2n) is 11.1. The van der Waals surface area contributed by atoms with Gasteiger partial charge in [0, 0.05) is 9.65 Å². The van der Waals surface area contributed by atoms with Gasteiger partial charge >= 0.3 is 18.1 Å². The molecule has 4 amide bonds. The van der Waals surface area contributed by atoms with Crippen molar-refractivity contribution < 1.29 is 52.2 Å². The van der Waals surface area contributed by atoms with E-state index in [2.05, 4.69) is 33.4 Å². The highest BCUT2D eigenvalue weighted by atomic mass is 127. The zero-order valence-electron chi connectivity index (χ0n) is 26.8. The zero-order chi connectivity index (χ0) is 38.4. The van der Waals surface area contributed by atoms with Crippen LogP contribution in [-0.4, -0.2) is 45.8 Å². The van der Waals surface area contributed by atoms with Crippen LogP contribution in [0.3, 0.4) is 0 Å². The molecular weight excluding hydrogens is 812 g/mol. The minimum absolute atomic E-state index is 0.0453. The van der Waals surface area contributed by atoms with E-state index in [4.69, 9.17) is 10.2 Å². The third-order valence-corrected chi connectivity index (χ3v) is 8.13. The molecule has 0 aliphatic carbocycles. The molecule has 2 fully saturated rings. The SMILES string of the molecule is O=C(O)/C=C/c1ccc(C=C2C(=O)NN(c3cccc(C(F)(F)F)c3)C2=O)cc1.O=C1NN(c2ccc(I)cc2)C(=O)C1=Cc1cccc(C(=O)O)c1. The third-order valence-electron chi connectivity index (χ3n) is 7.41. The Morgan fingerprint density at radius 3 is 1.77 bits per heavy atom. The molecular formula is C37H24F3IN4O8. The Labute approximate surface area is 311 Å². The van der Waals surface area contributed by atoms with E-state index in [1.54, 1.807) is 48.5 Å². The largest absolute Gasteiger partial charge is 0.478 e. The lowest BCUT2D eigenvalue weighted by molar-refractivity contribution is -0.137. The number of carboxylic acids is 2. The lowest BCUT2D eigenvalue weighted by Crippen LogP contribution is -2.35. The highest BCUT2D eigenvalue weighted by molar-refractivity contribution is 14.1. The number of aromatic carboxylic acids is 1. The van der Waals surface area contributed by atoms with Gasteiger partial charge in [0.25, 0.3) is 23.6 Å². The molecule has 4 aromatic carbocycles.